The van der Waals surface area contributed by atoms with Crippen molar-refractivity contribution in [3.8, 4) is 0 Å². The van der Waals surface area contributed by atoms with Gasteiger partial charge in [0.15, 0.2) is 0 Å². The van der Waals surface area contributed by atoms with Crippen LogP contribution in [0.4, 0.5) is 0 Å². The summed E-state index contributed by atoms with van der Waals surface area (Å²) in [6, 6.07) is 7.74. The molecule has 1 aromatic rings. The van der Waals surface area contributed by atoms with Gasteiger partial charge >= 0.3 is 0 Å². The van der Waals surface area contributed by atoms with Gasteiger partial charge in [-0.2, -0.15) is 0 Å². The Kier molecular flexibility index (Phi) is 5.16. The molecule has 1 aromatic carbocycles. The third-order valence-electron chi connectivity index (χ3n) is 2.79. The van der Waals surface area contributed by atoms with Crippen LogP contribution in [0.25, 0.3) is 0 Å². The zero-order chi connectivity index (χ0) is 12.8. The number of aliphatic hydroxyl groups excluding tert-OH is 1. The van der Waals surface area contributed by atoms with Gasteiger partial charge < -0.3 is 10.4 Å². The summed E-state index contributed by atoms with van der Waals surface area (Å²) in [6.45, 7) is 5.95. The van der Waals surface area contributed by atoms with Crippen LogP contribution in [0.2, 0.25) is 0 Å². The molecule has 0 aromatic heterocycles. The van der Waals surface area contributed by atoms with Crippen molar-refractivity contribution in [2.45, 2.75) is 33.2 Å². The molecule has 17 heavy (non-hydrogen) atoms. The molecular formula is C14H21NO2. The maximum absolute atomic E-state index is 11.8. The summed E-state index contributed by atoms with van der Waals surface area (Å²) < 4.78 is 0. The Labute approximate surface area is 103 Å². The number of benzene rings is 1. The molecule has 3 heteroatoms. The molecule has 0 fully saturated rings. The van der Waals surface area contributed by atoms with E-state index in [2.05, 4.69) is 5.32 Å². The van der Waals surface area contributed by atoms with Crippen molar-refractivity contribution in [2.24, 2.45) is 5.92 Å². The minimum atomic E-state index is -0.160. The lowest BCUT2D eigenvalue weighted by molar-refractivity contribution is -0.121. The molecule has 1 rings (SSSR count). The largest absolute Gasteiger partial charge is 0.394 e. The molecule has 3 nitrogen and oxygen atoms in total. The van der Waals surface area contributed by atoms with Gasteiger partial charge in [0.1, 0.15) is 0 Å². The maximum atomic E-state index is 11.8. The lowest BCUT2D eigenvalue weighted by Crippen LogP contribution is -2.41. The van der Waals surface area contributed by atoms with E-state index >= 15 is 0 Å². The zero-order valence-corrected chi connectivity index (χ0v) is 10.7. The molecule has 1 unspecified atom stereocenters. The van der Waals surface area contributed by atoms with Crippen LogP contribution in [-0.2, 0) is 11.2 Å². The minimum absolute atomic E-state index is 0.0166. The molecule has 0 heterocycles. The van der Waals surface area contributed by atoms with Crippen LogP contribution >= 0.6 is 0 Å². The number of aryl methyl sites for hydroxylation is 1. The highest BCUT2D eigenvalue weighted by molar-refractivity contribution is 5.78. The van der Waals surface area contributed by atoms with Gasteiger partial charge in [0.2, 0.25) is 5.91 Å². The molecule has 0 aliphatic rings. The van der Waals surface area contributed by atoms with Gasteiger partial charge in [-0.25, -0.2) is 0 Å². The molecule has 0 bridgehead atoms. The van der Waals surface area contributed by atoms with E-state index in [0.29, 0.717) is 6.42 Å². The molecule has 0 spiro atoms. The molecular weight excluding hydrogens is 214 g/mol. The van der Waals surface area contributed by atoms with Crippen LogP contribution in [-0.4, -0.2) is 23.7 Å². The van der Waals surface area contributed by atoms with E-state index in [1.165, 1.54) is 0 Å². The predicted molar refractivity (Wildman–Crippen MR) is 68.7 cm³/mol. The van der Waals surface area contributed by atoms with E-state index in [4.69, 9.17) is 5.11 Å². The number of amides is 1. The summed E-state index contributed by atoms with van der Waals surface area (Å²) in [5, 5.41) is 12.0. The molecule has 1 amide bonds. The third kappa shape index (κ3) is 4.57. The quantitative estimate of drug-likeness (QED) is 0.815. The van der Waals surface area contributed by atoms with Gasteiger partial charge in [-0.3, -0.25) is 4.79 Å². The molecule has 94 valence electrons. The molecule has 2 N–H and O–H groups in total. The van der Waals surface area contributed by atoms with Crippen LogP contribution < -0.4 is 5.32 Å². The first-order chi connectivity index (χ1) is 8.02. The first-order valence-corrected chi connectivity index (χ1v) is 5.98. The molecule has 0 saturated heterocycles. The van der Waals surface area contributed by atoms with E-state index in [9.17, 15) is 4.79 Å². The number of carbonyl (C=O) groups excluding carboxylic acids is 1. The Hall–Kier alpha value is -1.35. The van der Waals surface area contributed by atoms with Crippen LogP contribution in [0.5, 0.6) is 0 Å². The third-order valence-corrected chi connectivity index (χ3v) is 2.79. The van der Waals surface area contributed by atoms with Crippen molar-refractivity contribution >= 4 is 5.91 Å². The predicted octanol–water partition coefficient (Wildman–Crippen LogP) is 1.67. The summed E-state index contributed by atoms with van der Waals surface area (Å²) in [5.41, 5.74) is 2.15. The highest BCUT2D eigenvalue weighted by Crippen LogP contribution is 2.06. The summed E-state index contributed by atoms with van der Waals surface area (Å²) in [6.07, 6.45) is 0.366. The smallest absolute Gasteiger partial charge is 0.224 e. The SMILES string of the molecule is Cc1cccc(CC(=O)NC(CO)C(C)C)c1. The van der Waals surface area contributed by atoms with Crippen molar-refractivity contribution in [1.29, 1.82) is 0 Å². The average molecular weight is 235 g/mol. The van der Waals surface area contributed by atoms with Gasteiger partial charge in [-0.15, -0.1) is 0 Å². The fraction of sp³-hybridized carbons (Fsp3) is 0.500. The first-order valence-electron chi connectivity index (χ1n) is 5.98. The number of rotatable bonds is 5. The lowest BCUT2D eigenvalue weighted by atomic mass is 10.0. The van der Waals surface area contributed by atoms with Gasteiger partial charge in [-0.1, -0.05) is 43.7 Å². The van der Waals surface area contributed by atoms with E-state index in [0.717, 1.165) is 11.1 Å². The average Bonchev–Trinajstić information content (AvgIpc) is 2.25. The van der Waals surface area contributed by atoms with Gasteiger partial charge in [-0.05, 0) is 18.4 Å². The molecule has 1 atom stereocenters. The van der Waals surface area contributed by atoms with Crippen LogP contribution in [0, 0.1) is 12.8 Å². The lowest BCUT2D eigenvalue weighted by Gasteiger charge is -2.19. The summed E-state index contributed by atoms with van der Waals surface area (Å²) in [7, 11) is 0. The number of nitrogens with one attached hydrogen (secondary N) is 1. The van der Waals surface area contributed by atoms with Crippen molar-refractivity contribution in [3.05, 3.63) is 35.4 Å². The van der Waals surface area contributed by atoms with E-state index in [1.807, 2.05) is 45.0 Å². The Bertz CT molecular complexity index is 374. The number of carbonyl (C=O) groups is 1. The highest BCUT2D eigenvalue weighted by atomic mass is 16.3. The normalized spacial score (nSPS) is 12.5. The van der Waals surface area contributed by atoms with Crippen molar-refractivity contribution < 1.29 is 9.90 Å². The first kappa shape index (κ1) is 13.7. The topological polar surface area (TPSA) is 49.3 Å². The second-order valence-electron chi connectivity index (χ2n) is 4.77. The van der Waals surface area contributed by atoms with Crippen LogP contribution in [0.3, 0.4) is 0 Å². The number of hydrogen-bond donors (Lipinski definition) is 2. The summed E-state index contributed by atoms with van der Waals surface area (Å²) in [4.78, 5) is 11.8. The van der Waals surface area contributed by atoms with Crippen LogP contribution in [0.1, 0.15) is 25.0 Å². The maximum Gasteiger partial charge on any atom is 0.224 e. The van der Waals surface area contributed by atoms with E-state index < -0.39 is 0 Å². The van der Waals surface area contributed by atoms with E-state index in [-0.39, 0.29) is 24.5 Å². The molecule has 0 radical (unpaired) electrons. The molecule has 0 saturated carbocycles. The molecule has 0 aliphatic heterocycles. The monoisotopic (exact) mass is 235 g/mol. The van der Waals surface area contributed by atoms with Gasteiger partial charge in [0, 0.05) is 0 Å². The number of hydrogen-bond acceptors (Lipinski definition) is 2. The Morgan fingerprint density at radius 1 is 1.41 bits per heavy atom. The fourth-order valence-electron chi connectivity index (χ4n) is 1.69. The van der Waals surface area contributed by atoms with E-state index in [1.54, 1.807) is 0 Å². The summed E-state index contributed by atoms with van der Waals surface area (Å²) >= 11 is 0. The van der Waals surface area contributed by atoms with Crippen molar-refractivity contribution in [1.82, 2.24) is 5.32 Å². The Balaban J connectivity index is 2.55. The second-order valence-corrected chi connectivity index (χ2v) is 4.77. The standard InChI is InChI=1S/C14H21NO2/c1-10(2)13(9-16)15-14(17)8-12-6-4-5-11(3)7-12/h4-7,10,13,16H,8-9H2,1-3H3,(H,15,17). The fourth-order valence-corrected chi connectivity index (χ4v) is 1.69. The second kappa shape index (κ2) is 6.40. The van der Waals surface area contributed by atoms with Gasteiger partial charge in [0.25, 0.3) is 0 Å². The van der Waals surface area contributed by atoms with Crippen molar-refractivity contribution in [2.75, 3.05) is 6.61 Å². The summed E-state index contributed by atoms with van der Waals surface area (Å²) in [5.74, 6) is 0.199. The Morgan fingerprint density at radius 2 is 2.12 bits per heavy atom. The van der Waals surface area contributed by atoms with Crippen molar-refractivity contribution in [3.63, 3.8) is 0 Å². The zero-order valence-electron chi connectivity index (χ0n) is 10.7. The Morgan fingerprint density at radius 3 is 2.65 bits per heavy atom. The highest BCUT2D eigenvalue weighted by Gasteiger charge is 2.14. The molecule has 0 aliphatic carbocycles. The minimum Gasteiger partial charge on any atom is -0.394 e. The van der Waals surface area contributed by atoms with Gasteiger partial charge in [0.05, 0.1) is 19.1 Å². The van der Waals surface area contributed by atoms with Crippen LogP contribution in [0.15, 0.2) is 24.3 Å². The number of aliphatic hydroxyl groups is 1.